The summed E-state index contributed by atoms with van der Waals surface area (Å²) in [7, 11) is -0.473. The summed E-state index contributed by atoms with van der Waals surface area (Å²) in [5.74, 6) is 0.781. The highest BCUT2D eigenvalue weighted by Crippen LogP contribution is 2.36. The molecule has 20 heavy (non-hydrogen) atoms. The van der Waals surface area contributed by atoms with Crippen molar-refractivity contribution in [3.8, 4) is 0 Å². The number of rotatable bonds is 2. The lowest BCUT2D eigenvalue weighted by molar-refractivity contribution is 0.00578. The molecular weight excluding hydrogens is 255 g/mol. The van der Waals surface area contributed by atoms with E-state index < -0.39 is 7.12 Å². The molecule has 2 aromatic rings. The molecule has 0 aromatic carbocycles. The summed E-state index contributed by atoms with van der Waals surface area (Å²) in [5.41, 5.74) is 0.710. The number of fused-ring (bicyclic) bond motifs is 1. The molecule has 0 radical (unpaired) electrons. The van der Waals surface area contributed by atoms with Crippen LogP contribution < -0.4 is 5.59 Å². The van der Waals surface area contributed by atoms with E-state index in [9.17, 15) is 0 Å². The molecule has 0 amide bonds. The first-order valence-corrected chi connectivity index (χ1v) is 6.91. The molecule has 2 aromatic heterocycles. The number of nitrogens with zero attached hydrogens (tertiary/aromatic N) is 4. The lowest BCUT2D eigenvalue weighted by atomic mass is 9.85. The highest BCUT2D eigenvalue weighted by molar-refractivity contribution is 6.61. The zero-order chi connectivity index (χ0) is 14.5. The summed E-state index contributed by atoms with van der Waals surface area (Å²) in [5, 5.41) is 8.77. The molecule has 0 N–H and O–H groups in total. The van der Waals surface area contributed by atoms with Crippen molar-refractivity contribution in [3.05, 3.63) is 18.0 Å². The van der Waals surface area contributed by atoms with Crippen LogP contribution >= 0.6 is 0 Å². The second kappa shape index (κ2) is 4.26. The summed E-state index contributed by atoms with van der Waals surface area (Å²) < 4.78 is 13.5. The van der Waals surface area contributed by atoms with Crippen molar-refractivity contribution < 1.29 is 9.31 Å². The fourth-order valence-corrected chi connectivity index (χ4v) is 2.08. The molecule has 3 heterocycles. The summed E-state index contributed by atoms with van der Waals surface area (Å²) >= 11 is 0. The maximum Gasteiger partial charge on any atom is 0.516 e. The van der Waals surface area contributed by atoms with E-state index in [1.54, 1.807) is 4.63 Å². The van der Waals surface area contributed by atoms with E-state index in [4.69, 9.17) is 9.31 Å². The molecule has 6 nitrogen and oxygen atoms in total. The number of aryl methyl sites for hydroxylation is 1. The van der Waals surface area contributed by atoms with Crippen LogP contribution in [0, 0.1) is 0 Å². The molecule has 0 saturated carbocycles. The van der Waals surface area contributed by atoms with Crippen LogP contribution in [0.15, 0.2) is 12.1 Å². The van der Waals surface area contributed by atoms with Gasteiger partial charge in [0, 0.05) is 6.42 Å². The standard InChI is InChI=1S/C13H19BN4O2/c1-6-10-15-11-8-7-9(16-18(11)17-10)14-19-12(2,3)13(4,5)20-14/h7-8H,6H2,1-5H3. The Hall–Kier alpha value is -1.47. The van der Waals surface area contributed by atoms with Crippen molar-refractivity contribution in [1.82, 2.24) is 19.8 Å². The van der Waals surface area contributed by atoms with Gasteiger partial charge in [-0.25, -0.2) is 4.98 Å². The zero-order valence-electron chi connectivity index (χ0n) is 12.5. The van der Waals surface area contributed by atoms with E-state index in [2.05, 4.69) is 15.2 Å². The van der Waals surface area contributed by atoms with Gasteiger partial charge in [-0.15, -0.1) is 9.73 Å². The maximum atomic E-state index is 5.99. The lowest BCUT2D eigenvalue weighted by Gasteiger charge is -2.32. The highest BCUT2D eigenvalue weighted by atomic mass is 16.7. The Morgan fingerprint density at radius 1 is 1.10 bits per heavy atom. The lowest BCUT2D eigenvalue weighted by Crippen LogP contribution is -2.41. The largest absolute Gasteiger partial charge is 0.516 e. The normalized spacial score (nSPS) is 20.8. The van der Waals surface area contributed by atoms with Gasteiger partial charge in [0.25, 0.3) is 0 Å². The van der Waals surface area contributed by atoms with E-state index in [-0.39, 0.29) is 11.2 Å². The van der Waals surface area contributed by atoms with Crippen LogP contribution in [-0.4, -0.2) is 38.1 Å². The monoisotopic (exact) mass is 274 g/mol. The van der Waals surface area contributed by atoms with E-state index >= 15 is 0 Å². The molecule has 7 heteroatoms. The molecule has 106 valence electrons. The minimum atomic E-state index is -0.473. The molecule has 0 atom stereocenters. The van der Waals surface area contributed by atoms with Gasteiger partial charge in [0.2, 0.25) is 0 Å². The van der Waals surface area contributed by atoms with Crippen LogP contribution in [0.3, 0.4) is 0 Å². The maximum absolute atomic E-state index is 5.99. The van der Waals surface area contributed by atoms with Crippen LogP contribution in [0.2, 0.25) is 0 Å². The van der Waals surface area contributed by atoms with Crippen molar-refractivity contribution >= 4 is 18.4 Å². The van der Waals surface area contributed by atoms with Crippen LogP contribution in [0.5, 0.6) is 0 Å². The molecule has 0 spiro atoms. The van der Waals surface area contributed by atoms with Crippen molar-refractivity contribution in [1.29, 1.82) is 0 Å². The third-order valence-corrected chi connectivity index (χ3v) is 4.08. The molecule has 0 unspecified atom stereocenters. The average Bonchev–Trinajstić information content (AvgIpc) is 2.87. The van der Waals surface area contributed by atoms with Gasteiger partial charge in [-0.05, 0) is 39.8 Å². The van der Waals surface area contributed by atoms with Crippen molar-refractivity contribution in [2.45, 2.75) is 52.2 Å². The van der Waals surface area contributed by atoms with Crippen LogP contribution in [0.25, 0.3) is 5.65 Å². The van der Waals surface area contributed by atoms with Gasteiger partial charge >= 0.3 is 7.12 Å². The molecular formula is C13H19BN4O2. The SMILES string of the molecule is CCc1nc2ccc(B3OC(C)(C)C(C)(C)O3)nn2n1. The topological polar surface area (TPSA) is 61.5 Å². The fraction of sp³-hybridized carbons (Fsp3) is 0.615. The molecule has 1 aliphatic rings. The van der Waals surface area contributed by atoms with Crippen LogP contribution in [-0.2, 0) is 15.7 Å². The summed E-state index contributed by atoms with van der Waals surface area (Å²) in [4.78, 5) is 4.36. The molecule has 1 aliphatic heterocycles. The summed E-state index contributed by atoms with van der Waals surface area (Å²) in [6, 6.07) is 3.77. The Morgan fingerprint density at radius 3 is 2.35 bits per heavy atom. The third kappa shape index (κ3) is 2.01. The Balaban J connectivity index is 1.95. The quantitative estimate of drug-likeness (QED) is 0.764. The van der Waals surface area contributed by atoms with Gasteiger partial charge in [-0.3, -0.25) is 0 Å². The second-order valence-electron chi connectivity index (χ2n) is 6.08. The van der Waals surface area contributed by atoms with E-state index in [1.807, 2.05) is 46.8 Å². The van der Waals surface area contributed by atoms with Crippen molar-refractivity contribution in [2.24, 2.45) is 0 Å². The minimum absolute atomic E-state index is 0.370. The molecule has 3 rings (SSSR count). The Bertz CT molecular complexity index is 637. The van der Waals surface area contributed by atoms with Gasteiger partial charge < -0.3 is 9.31 Å². The van der Waals surface area contributed by atoms with E-state index in [0.29, 0.717) is 5.59 Å². The van der Waals surface area contributed by atoms with Gasteiger partial charge in [0.1, 0.15) is 0 Å². The number of hydrogen-bond acceptors (Lipinski definition) is 5. The highest BCUT2D eigenvalue weighted by Gasteiger charge is 2.52. The molecule has 0 aliphatic carbocycles. The zero-order valence-corrected chi connectivity index (χ0v) is 12.5. The summed E-state index contributed by atoms with van der Waals surface area (Å²) in [6.07, 6.45) is 0.787. The smallest absolute Gasteiger partial charge is 0.398 e. The Labute approximate surface area is 118 Å². The van der Waals surface area contributed by atoms with Gasteiger partial charge in [0.05, 0.1) is 16.8 Å². The molecule has 1 fully saturated rings. The molecule has 0 bridgehead atoms. The van der Waals surface area contributed by atoms with Crippen LogP contribution in [0.4, 0.5) is 0 Å². The van der Waals surface area contributed by atoms with Crippen LogP contribution in [0.1, 0.15) is 40.4 Å². The fourth-order valence-electron chi connectivity index (χ4n) is 2.08. The molecule has 1 saturated heterocycles. The Kier molecular flexibility index (Phi) is 2.88. The predicted molar refractivity (Wildman–Crippen MR) is 75.9 cm³/mol. The van der Waals surface area contributed by atoms with E-state index in [1.165, 1.54) is 0 Å². The first-order chi connectivity index (χ1) is 9.32. The average molecular weight is 274 g/mol. The third-order valence-electron chi connectivity index (χ3n) is 4.08. The van der Waals surface area contributed by atoms with Gasteiger partial charge in [-0.1, -0.05) is 6.92 Å². The Morgan fingerprint density at radius 2 is 1.75 bits per heavy atom. The first-order valence-electron chi connectivity index (χ1n) is 6.91. The predicted octanol–water partition coefficient (Wildman–Crippen LogP) is 0.986. The number of hydrogen-bond donors (Lipinski definition) is 0. The van der Waals surface area contributed by atoms with Crippen molar-refractivity contribution in [2.75, 3.05) is 0 Å². The van der Waals surface area contributed by atoms with Crippen molar-refractivity contribution in [3.63, 3.8) is 0 Å². The van der Waals surface area contributed by atoms with Gasteiger partial charge in [0.15, 0.2) is 11.5 Å². The summed E-state index contributed by atoms with van der Waals surface area (Å²) in [6.45, 7) is 10.1. The number of aromatic nitrogens is 4. The van der Waals surface area contributed by atoms with E-state index in [0.717, 1.165) is 17.9 Å². The second-order valence-corrected chi connectivity index (χ2v) is 6.08. The minimum Gasteiger partial charge on any atom is -0.398 e. The van der Waals surface area contributed by atoms with Gasteiger partial charge in [-0.2, -0.15) is 5.10 Å². The first kappa shape index (κ1) is 13.5.